The van der Waals surface area contributed by atoms with Gasteiger partial charge >= 0.3 is 12.0 Å². The Morgan fingerprint density at radius 3 is 2.20 bits per heavy atom. The number of nitrogens with one attached hydrogen (secondary N) is 1. The van der Waals surface area contributed by atoms with Gasteiger partial charge in [0.05, 0.1) is 6.61 Å². The first-order valence-electron chi connectivity index (χ1n) is 6.70. The van der Waals surface area contributed by atoms with Gasteiger partial charge in [0.15, 0.2) is 0 Å². The molecule has 2 N–H and O–H groups in total. The third kappa shape index (κ3) is 7.30. The molecule has 0 aliphatic heterocycles. The molecule has 0 aromatic heterocycles. The molecule has 1 unspecified atom stereocenters. The van der Waals surface area contributed by atoms with Crippen molar-refractivity contribution in [2.45, 2.75) is 26.3 Å². The molecule has 118 valence electrons. The van der Waals surface area contributed by atoms with Gasteiger partial charge in [-0.3, -0.25) is 0 Å². The molecule has 0 radical (unpaired) electrons. The van der Waals surface area contributed by atoms with Gasteiger partial charge < -0.3 is 24.8 Å². The molecular formula is C13H26N2O5. The van der Waals surface area contributed by atoms with Crippen LogP contribution < -0.4 is 5.32 Å². The van der Waals surface area contributed by atoms with Gasteiger partial charge in [-0.15, -0.1) is 0 Å². The Balaban J connectivity index is 4.53. The lowest BCUT2D eigenvalue weighted by Gasteiger charge is -2.26. The molecule has 0 fully saturated rings. The number of carboxylic acids is 1. The van der Waals surface area contributed by atoms with Gasteiger partial charge in [-0.05, 0) is 12.3 Å². The zero-order valence-electron chi connectivity index (χ0n) is 12.7. The number of ether oxygens (including phenoxy) is 2. The van der Waals surface area contributed by atoms with E-state index in [1.165, 1.54) is 0 Å². The highest BCUT2D eigenvalue weighted by Gasteiger charge is 2.25. The van der Waals surface area contributed by atoms with E-state index in [9.17, 15) is 9.59 Å². The van der Waals surface area contributed by atoms with E-state index in [1.807, 2.05) is 0 Å². The summed E-state index contributed by atoms with van der Waals surface area (Å²) in [5.74, 6) is -1.21. The van der Waals surface area contributed by atoms with Gasteiger partial charge in [-0.2, -0.15) is 0 Å². The van der Waals surface area contributed by atoms with E-state index < -0.39 is 12.0 Å². The van der Waals surface area contributed by atoms with Crippen molar-refractivity contribution in [3.63, 3.8) is 0 Å². The summed E-state index contributed by atoms with van der Waals surface area (Å²) in [7, 11) is 3.15. The molecule has 0 aliphatic rings. The molecule has 7 nitrogen and oxygen atoms in total. The number of carboxylic acid groups (broad SMARTS) is 1. The molecule has 0 rings (SSSR count). The summed E-state index contributed by atoms with van der Waals surface area (Å²) in [6, 6.07) is -1.28. The van der Waals surface area contributed by atoms with Crippen LogP contribution in [-0.4, -0.2) is 68.6 Å². The third-order valence-corrected chi connectivity index (χ3v) is 2.84. The number of aliphatic carboxylic acids is 1. The summed E-state index contributed by atoms with van der Waals surface area (Å²) in [5, 5.41) is 11.6. The summed E-state index contributed by atoms with van der Waals surface area (Å²) >= 11 is 0. The Bertz CT molecular complexity index is 296. The minimum absolute atomic E-state index is 0.181. The highest BCUT2D eigenvalue weighted by atomic mass is 16.5. The maximum atomic E-state index is 12.1. The summed E-state index contributed by atoms with van der Waals surface area (Å²) in [4.78, 5) is 24.8. The van der Waals surface area contributed by atoms with Crippen molar-refractivity contribution in [3.8, 4) is 0 Å². The predicted octanol–water partition coefficient (Wildman–Crippen LogP) is 0.790. The first-order chi connectivity index (χ1) is 9.43. The zero-order chi connectivity index (χ0) is 15.5. The van der Waals surface area contributed by atoms with Gasteiger partial charge in [-0.1, -0.05) is 13.8 Å². The minimum Gasteiger partial charge on any atom is -0.480 e. The molecule has 0 aromatic rings. The molecule has 7 heteroatoms. The molecule has 1 atom stereocenters. The number of carbonyl (C=O) groups excluding carboxylic acids is 1. The summed E-state index contributed by atoms with van der Waals surface area (Å²) < 4.78 is 9.91. The molecule has 2 amide bonds. The van der Waals surface area contributed by atoms with E-state index in [2.05, 4.69) is 5.32 Å². The minimum atomic E-state index is -1.03. The third-order valence-electron chi connectivity index (χ3n) is 2.84. The topological polar surface area (TPSA) is 88.1 Å². The van der Waals surface area contributed by atoms with Crippen molar-refractivity contribution in [2.75, 3.05) is 40.5 Å². The number of hydrogen-bond donors (Lipinski definition) is 2. The Morgan fingerprint density at radius 1 is 1.15 bits per heavy atom. The van der Waals surface area contributed by atoms with Gasteiger partial charge in [0.25, 0.3) is 0 Å². The predicted molar refractivity (Wildman–Crippen MR) is 74.7 cm³/mol. The average Bonchev–Trinajstić information content (AvgIpc) is 2.38. The lowest BCUT2D eigenvalue weighted by molar-refractivity contribution is -0.140. The molecule has 0 spiro atoms. The van der Waals surface area contributed by atoms with E-state index >= 15 is 0 Å². The fourth-order valence-corrected chi connectivity index (χ4v) is 1.65. The SMILES string of the molecule is COCCCN(CCOC)C(=O)NC(C(=O)O)C(C)C. The first kappa shape index (κ1) is 18.7. The van der Waals surface area contributed by atoms with Crippen LogP contribution in [0.25, 0.3) is 0 Å². The number of hydrogen-bond acceptors (Lipinski definition) is 4. The summed E-state index contributed by atoms with van der Waals surface area (Å²) in [6.07, 6.45) is 0.688. The van der Waals surface area contributed by atoms with E-state index in [-0.39, 0.29) is 11.9 Å². The quantitative estimate of drug-likeness (QED) is 0.581. The zero-order valence-corrected chi connectivity index (χ0v) is 12.7. The van der Waals surface area contributed by atoms with Gasteiger partial charge in [0.1, 0.15) is 6.04 Å². The Labute approximate surface area is 120 Å². The lowest BCUT2D eigenvalue weighted by Crippen LogP contribution is -2.51. The van der Waals surface area contributed by atoms with E-state index in [0.717, 1.165) is 0 Å². The van der Waals surface area contributed by atoms with Crippen LogP contribution in [0.2, 0.25) is 0 Å². The molecule has 0 saturated carbocycles. The summed E-state index contributed by atoms with van der Waals surface area (Å²) in [6.45, 7) is 5.36. The van der Waals surface area contributed by atoms with Crippen LogP contribution in [0.5, 0.6) is 0 Å². The second-order valence-electron chi connectivity index (χ2n) is 4.84. The van der Waals surface area contributed by atoms with E-state index in [0.29, 0.717) is 32.7 Å². The maximum Gasteiger partial charge on any atom is 0.326 e. The average molecular weight is 290 g/mol. The number of carbonyl (C=O) groups is 2. The second-order valence-corrected chi connectivity index (χ2v) is 4.84. The molecule has 0 heterocycles. The van der Waals surface area contributed by atoms with Crippen molar-refractivity contribution in [1.82, 2.24) is 10.2 Å². The van der Waals surface area contributed by atoms with Crippen LogP contribution >= 0.6 is 0 Å². The molecule has 0 aromatic carbocycles. The fraction of sp³-hybridized carbons (Fsp3) is 0.846. The molecule has 0 bridgehead atoms. The van der Waals surface area contributed by atoms with Crippen LogP contribution in [-0.2, 0) is 14.3 Å². The number of rotatable bonds is 10. The first-order valence-corrected chi connectivity index (χ1v) is 6.70. The van der Waals surface area contributed by atoms with Gasteiger partial charge in [0.2, 0.25) is 0 Å². The lowest BCUT2D eigenvalue weighted by atomic mass is 10.1. The Hall–Kier alpha value is -1.34. The van der Waals surface area contributed by atoms with Gasteiger partial charge in [0, 0.05) is 33.9 Å². The van der Waals surface area contributed by atoms with Crippen molar-refractivity contribution < 1.29 is 24.2 Å². The fourth-order valence-electron chi connectivity index (χ4n) is 1.65. The normalized spacial score (nSPS) is 12.2. The molecule has 0 aliphatic carbocycles. The largest absolute Gasteiger partial charge is 0.480 e. The van der Waals surface area contributed by atoms with Gasteiger partial charge in [-0.25, -0.2) is 9.59 Å². The number of amides is 2. The van der Waals surface area contributed by atoms with Crippen molar-refractivity contribution in [2.24, 2.45) is 5.92 Å². The van der Waals surface area contributed by atoms with Crippen molar-refractivity contribution >= 4 is 12.0 Å². The summed E-state index contributed by atoms with van der Waals surface area (Å²) in [5.41, 5.74) is 0. The van der Waals surface area contributed by atoms with E-state index in [1.54, 1.807) is 33.0 Å². The molecular weight excluding hydrogens is 264 g/mol. The highest BCUT2D eigenvalue weighted by molar-refractivity contribution is 5.82. The number of nitrogens with zero attached hydrogens (tertiary/aromatic N) is 1. The molecule has 20 heavy (non-hydrogen) atoms. The van der Waals surface area contributed by atoms with Crippen LogP contribution in [0.1, 0.15) is 20.3 Å². The van der Waals surface area contributed by atoms with Crippen LogP contribution in [0.4, 0.5) is 4.79 Å². The second kappa shape index (κ2) is 10.4. The highest BCUT2D eigenvalue weighted by Crippen LogP contribution is 2.03. The van der Waals surface area contributed by atoms with Crippen LogP contribution in [0, 0.1) is 5.92 Å². The van der Waals surface area contributed by atoms with Crippen LogP contribution in [0.15, 0.2) is 0 Å². The van der Waals surface area contributed by atoms with Crippen LogP contribution in [0.3, 0.4) is 0 Å². The van der Waals surface area contributed by atoms with E-state index in [4.69, 9.17) is 14.6 Å². The van der Waals surface area contributed by atoms with Crippen molar-refractivity contribution in [1.29, 1.82) is 0 Å². The Morgan fingerprint density at radius 2 is 1.75 bits per heavy atom. The Kier molecular flexibility index (Phi) is 9.75. The number of urea groups is 1. The smallest absolute Gasteiger partial charge is 0.326 e. The number of methoxy groups -OCH3 is 2. The monoisotopic (exact) mass is 290 g/mol. The maximum absolute atomic E-state index is 12.1. The molecule has 0 saturated heterocycles. The standard InChI is InChI=1S/C13H26N2O5/c1-10(2)11(12(16)17)14-13(18)15(7-9-20-4)6-5-8-19-3/h10-11H,5-9H2,1-4H3,(H,14,18)(H,16,17). The van der Waals surface area contributed by atoms with Crippen molar-refractivity contribution in [3.05, 3.63) is 0 Å².